The highest BCUT2D eigenvalue weighted by Gasteiger charge is 2.14. The Hall–Kier alpha value is -2.24. The number of nitrogens with zero attached hydrogens (tertiary/aromatic N) is 3. The maximum absolute atomic E-state index is 10.9. The second kappa shape index (κ2) is 5.81. The van der Waals surface area contributed by atoms with Crippen molar-refractivity contribution in [3.05, 3.63) is 34.6 Å². The number of benzene rings is 1. The fourth-order valence-corrected chi connectivity index (χ4v) is 1.98. The fraction of sp³-hybridized carbons (Fsp3) is 0.429. The van der Waals surface area contributed by atoms with Crippen molar-refractivity contribution in [3.63, 3.8) is 0 Å². The molecule has 6 nitrogen and oxygen atoms in total. The molecule has 2 rings (SSSR count). The topological polar surface area (TPSA) is 81.0 Å². The maximum Gasteiger partial charge on any atom is 0.270 e. The number of aromatic nitrogens is 2. The average molecular weight is 274 g/mol. The zero-order chi connectivity index (χ0) is 14.7. The van der Waals surface area contributed by atoms with Crippen molar-refractivity contribution in [1.29, 1.82) is 0 Å². The van der Waals surface area contributed by atoms with Crippen LogP contribution in [0, 0.1) is 16.0 Å². The number of nitro benzene ring substituents is 1. The first-order valence-electron chi connectivity index (χ1n) is 6.68. The zero-order valence-corrected chi connectivity index (χ0v) is 11.8. The Morgan fingerprint density at radius 3 is 2.75 bits per heavy atom. The number of hydrogen-bond acceptors (Lipinski definition) is 5. The Balaban J connectivity index is 2.42. The summed E-state index contributed by atoms with van der Waals surface area (Å²) in [6.45, 7) is 6.37. The molecule has 1 N–H and O–H groups in total. The number of nitro groups is 1. The van der Waals surface area contributed by atoms with Crippen molar-refractivity contribution in [2.75, 3.05) is 5.32 Å². The first-order chi connectivity index (χ1) is 9.52. The van der Waals surface area contributed by atoms with E-state index in [0.717, 1.165) is 6.42 Å². The molecule has 2 unspecified atom stereocenters. The second-order valence-corrected chi connectivity index (χ2v) is 5.00. The fourth-order valence-electron chi connectivity index (χ4n) is 1.98. The average Bonchev–Trinajstić information content (AvgIpc) is 2.46. The molecule has 6 heteroatoms. The van der Waals surface area contributed by atoms with Crippen molar-refractivity contribution in [2.45, 2.75) is 33.2 Å². The predicted molar refractivity (Wildman–Crippen MR) is 78.7 cm³/mol. The van der Waals surface area contributed by atoms with Crippen LogP contribution in [0.5, 0.6) is 0 Å². The van der Waals surface area contributed by atoms with E-state index in [9.17, 15) is 10.1 Å². The third-order valence-electron chi connectivity index (χ3n) is 3.69. The Kier molecular flexibility index (Phi) is 4.12. The molecule has 0 aliphatic carbocycles. The third-order valence-corrected chi connectivity index (χ3v) is 3.69. The Morgan fingerprint density at radius 1 is 1.35 bits per heavy atom. The van der Waals surface area contributed by atoms with E-state index in [1.807, 2.05) is 0 Å². The number of hydrogen-bond donors (Lipinski definition) is 1. The molecule has 0 aliphatic rings. The number of nitrogens with one attached hydrogen (secondary N) is 1. The maximum atomic E-state index is 10.9. The number of fused-ring (bicyclic) bond motifs is 1. The predicted octanol–water partition coefficient (Wildman–Crippen LogP) is 3.38. The molecule has 0 spiro atoms. The van der Waals surface area contributed by atoms with Crippen molar-refractivity contribution in [2.24, 2.45) is 5.92 Å². The summed E-state index contributed by atoms with van der Waals surface area (Å²) in [6, 6.07) is 4.85. The highest BCUT2D eigenvalue weighted by atomic mass is 16.6. The van der Waals surface area contributed by atoms with Gasteiger partial charge in [0.15, 0.2) is 0 Å². The third kappa shape index (κ3) is 2.84. The van der Waals surface area contributed by atoms with Gasteiger partial charge in [0.25, 0.3) is 5.69 Å². The van der Waals surface area contributed by atoms with Crippen LogP contribution in [-0.2, 0) is 0 Å². The summed E-state index contributed by atoms with van der Waals surface area (Å²) < 4.78 is 0. The number of anilines is 1. The minimum atomic E-state index is -0.408. The first kappa shape index (κ1) is 14.2. The normalized spacial score (nSPS) is 13.9. The van der Waals surface area contributed by atoms with E-state index < -0.39 is 4.92 Å². The van der Waals surface area contributed by atoms with Crippen LogP contribution in [0.3, 0.4) is 0 Å². The minimum absolute atomic E-state index is 0.0477. The van der Waals surface area contributed by atoms with Gasteiger partial charge in [-0.1, -0.05) is 20.3 Å². The molecule has 1 aromatic heterocycles. The van der Waals surface area contributed by atoms with Gasteiger partial charge in [0.1, 0.15) is 12.1 Å². The van der Waals surface area contributed by atoms with E-state index in [1.165, 1.54) is 18.5 Å². The lowest BCUT2D eigenvalue weighted by Gasteiger charge is -2.21. The molecular weight excluding hydrogens is 256 g/mol. The summed E-state index contributed by atoms with van der Waals surface area (Å²) in [5.74, 6) is 1.13. The van der Waals surface area contributed by atoms with Crippen LogP contribution in [0.25, 0.3) is 10.9 Å². The van der Waals surface area contributed by atoms with Gasteiger partial charge in [-0.15, -0.1) is 0 Å². The van der Waals surface area contributed by atoms with Gasteiger partial charge in [0.2, 0.25) is 0 Å². The van der Waals surface area contributed by atoms with Crippen molar-refractivity contribution >= 4 is 22.4 Å². The minimum Gasteiger partial charge on any atom is -0.367 e. The van der Waals surface area contributed by atoms with Gasteiger partial charge in [0.05, 0.1) is 10.4 Å². The smallest absolute Gasteiger partial charge is 0.270 e. The number of non-ortho nitro benzene ring substituents is 1. The van der Waals surface area contributed by atoms with Crippen LogP contribution >= 0.6 is 0 Å². The van der Waals surface area contributed by atoms with Crippen LogP contribution in [-0.4, -0.2) is 20.9 Å². The SMILES string of the molecule is CCC(C)C(C)Nc1ncnc2ccc([N+](=O)[O-])cc12. The van der Waals surface area contributed by atoms with E-state index in [4.69, 9.17) is 0 Å². The van der Waals surface area contributed by atoms with Gasteiger partial charge in [-0.05, 0) is 18.9 Å². The summed E-state index contributed by atoms with van der Waals surface area (Å²) >= 11 is 0. The van der Waals surface area contributed by atoms with Gasteiger partial charge in [-0.2, -0.15) is 0 Å². The van der Waals surface area contributed by atoms with Crippen molar-refractivity contribution < 1.29 is 4.92 Å². The van der Waals surface area contributed by atoms with E-state index in [0.29, 0.717) is 22.6 Å². The molecule has 2 atom stereocenters. The van der Waals surface area contributed by atoms with Gasteiger partial charge in [-0.3, -0.25) is 10.1 Å². The lowest BCUT2D eigenvalue weighted by molar-refractivity contribution is -0.384. The van der Waals surface area contributed by atoms with Crippen LogP contribution in [0.15, 0.2) is 24.5 Å². The standard InChI is InChI=1S/C14H18N4O2/c1-4-9(2)10(3)17-14-12-7-11(18(19)20)5-6-13(12)15-8-16-14/h5-10H,4H2,1-3H3,(H,15,16,17). The van der Waals surface area contributed by atoms with Gasteiger partial charge >= 0.3 is 0 Å². The molecule has 106 valence electrons. The second-order valence-electron chi connectivity index (χ2n) is 5.00. The summed E-state index contributed by atoms with van der Waals surface area (Å²) in [4.78, 5) is 18.8. The summed E-state index contributed by atoms with van der Waals surface area (Å²) in [5, 5.41) is 14.9. The quantitative estimate of drug-likeness (QED) is 0.667. The zero-order valence-electron chi connectivity index (χ0n) is 11.8. The molecule has 0 aliphatic heterocycles. The summed E-state index contributed by atoms with van der Waals surface area (Å²) in [5.41, 5.74) is 0.746. The Bertz CT molecular complexity index is 630. The van der Waals surface area contributed by atoms with Crippen molar-refractivity contribution in [3.8, 4) is 0 Å². The van der Waals surface area contributed by atoms with Crippen molar-refractivity contribution in [1.82, 2.24) is 9.97 Å². The molecular formula is C14H18N4O2. The highest BCUT2D eigenvalue weighted by molar-refractivity contribution is 5.90. The number of rotatable bonds is 5. The molecule has 0 radical (unpaired) electrons. The monoisotopic (exact) mass is 274 g/mol. The largest absolute Gasteiger partial charge is 0.367 e. The van der Waals surface area contributed by atoms with Gasteiger partial charge < -0.3 is 5.32 Å². The Morgan fingerprint density at radius 2 is 2.10 bits per heavy atom. The van der Waals surface area contributed by atoms with E-state index >= 15 is 0 Å². The summed E-state index contributed by atoms with van der Waals surface area (Å²) in [6.07, 6.45) is 2.52. The lowest BCUT2D eigenvalue weighted by Crippen LogP contribution is -2.23. The molecule has 0 saturated carbocycles. The molecule has 2 aromatic rings. The molecule has 20 heavy (non-hydrogen) atoms. The summed E-state index contributed by atoms with van der Waals surface area (Å²) in [7, 11) is 0. The Labute approximate surface area is 117 Å². The molecule has 0 fully saturated rings. The molecule has 1 aromatic carbocycles. The van der Waals surface area contributed by atoms with Gasteiger partial charge in [-0.25, -0.2) is 9.97 Å². The van der Waals surface area contributed by atoms with Crippen LogP contribution in [0.2, 0.25) is 0 Å². The first-order valence-corrected chi connectivity index (χ1v) is 6.68. The van der Waals surface area contributed by atoms with Crippen LogP contribution < -0.4 is 5.32 Å². The van der Waals surface area contributed by atoms with E-state index in [-0.39, 0.29) is 11.7 Å². The van der Waals surface area contributed by atoms with Gasteiger partial charge in [0, 0.05) is 23.6 Å². The molecule has 0 amide bonds. The molecule has 0 saturated heterocycles. The van der Waals surface area contributed by atoms with Crippen LogP contribution in [0.4, 0.5) is 11.5 Å². The highest BCUT2D eigenvalue weighted by Crippen LogP contribution is 2.25. The molecule has 1 heterocycles. The lowest BCUT2D eigenvalue weighted by atomic mass is 10.0. The van der Waals surface area contributed by atoms with E-state index in [1.54, 1.807) is 6.07 Å². The van der Waals surface area contributed by atoms with E-state index in [2.05, 4.69) is 36.1 Å². The molecule has 0 bridgehead atoms. The van der Waals surface area contributed by atoms with Crippen LogP contribution in [0.1, 0.15) is 27.2 Å².